The van der Waals surface area contributed by atoms with Gasteiger partial charge in [-0.25, -0.2) is 0 Å². The number of ether oxygens (including phenoxy) is 1. The van der Waals surface area contributed by atoms with Gasteiger partial charge in [-0.05, 0) is 64.0 Å². The molecule has 2 aromatic carbocycles. The molecular weight excluding hydrogens is 543 g/mol. The van der Waals surface area contributed by atoms with Crippen molar-refractivity contribution in [1.82, 2.24) is 20.0 Å². The standard InChI is InChI=1S/C21H14BrCl2F2N5O2/c22-15-10-31(9-12-1-4-13(23)7-16(12)24)30-19(15)27-20(32)18-8-17(28-29-18)11-2-5-14(6-3-11)33-21(25)26/h1-8,10,21H,9H2,(H,28,29)(H,27,30,32). The van der Waals surface area contributed by atoms with E-state index in [4.69, 9.17) is 23.2 Å². The molecule has 2 N–H and O–H groups in total. The van der Waals surface area contributed by atoms with Crippen LogP contribution in [0.3, 0.4) is 0 Å². The molecule has 170 valence electrons. The highest BCUT2D eigenvalue weighted by molar-refractivity contribution is 9.10. The maximum absolute atomic E-state index is 12.7. The molecule has 4 aromatic rings. The van der Waals surface area contributed by atoms with E-state index < -0.39 is 12.5 Å². The smallest absolute Gasteiger partial charge is 0.387 e. The van der Waals surface area contributed by atoms with E-state index >= 15 is 0 Å². The lowest BCUT2D eigenvalue weighted by Gasteiger charge is -2.05. The maximum atomic E-state index is 12.7. The van der Waals surface area contributed by atoms with Crippen molar-refractivity contribution in [3.63, 3.8) is 0 Å². The summed E-state index contributed by atoms with van der Waals surface area (Å²) in [5.41, 5.74) is 2.10. The van der Waals surface area contributed by atoms with E-state index in [-0.39, 0.29) is 11.4 Å². The summed E-state index contributed by atoms with van der Waals surface area (Å²) in [6.07, 6.45) is 1.71. The molecule has 33 heavy (non-hydrogen) atoms. The molecule has 0 aliphatic heterocycles. The lowest BCUT2D eigenvalue weighted by atomic mass is 10.1. The molecule has 2 heterocycles. The van der Waals surface area contributed by atoms with Crippen molar-refractivity contribution in [2.75, 3.05) is 5.32 Å². The Morgan fingerprint density at radius 1 is 1.18 bits per heavy atom. The fraction of sp³-hybridized carbons (Fsp3) is 0.0952. The number of carbonyl (C=O) groups is 1. The molecule has 7 nitrogen and oxygen atoms in total. The van der Waals surface area contributed by atoms with Crippen molar-refractivity contribution in [3.05, 3.63) is 80.5 Å². The van der Waals surface area contributed by atoms with E-state index in [2.05, 4.69) is 41.3 Å². The number of rotatable bonds is 7. The molecule has 0 bridgehead atoms. The Balaban J connectivity index is 1.44. The van der Waals surface area contributed by atoms with Crippen LogP contribution < -0.4 is 10.1 Å². The summed E-state index contributed by atoms with van der Waals surface area (Å²) in [6, 6.07) is 12.6. The average molecular weight is 557 g/mol. The number of alkyl halides is 2. The Morgan fingerprint density at radius 3 is 2.64 bits per heavy atom. The van der Waals surface area contributed by atoms with E-state index in [9.17, 15) is 13.6 Å². The maximum Gasteiger partial charge on any atom is 0.387 e. The van der Waals surface area contributed by atoms with Crippen molar-refractivity contribution in [3.8, 4) is 17.0 Å². The third-order valence-electron chi connectivity index (χ3n) is 4.49. The van der Waals surface area contributed by atoms with Crippen molar-refractivity contribution < 1.29 is 18.3 Å². The van der Waals surface area contributed by atoms with Crippen molar-refractivity contribution >= 4 is 50.9 Å². The Morgan fingerprint density at radius 2 is 1.94 bits per heavy atom. The molecular formula is C21H14BrCl2F2N5O2. The van der Waals surface area contributed by atoms with Gasteiger partial charge in [-0.1, -0.05) is 29.3 Å². The Kier molecular flexibility index (Phi) is 6.96. The van der Waals surface area contributed by atoms with Crippen LogP contribution in [0.15, 0.2) is 59.2 Å². The first-order valence-corrected chi connectivity index (χ1v) is 10.9. The second-order valence-corrected chi connectivity index (χ2v) is 8.48. The summed E-state index contributed by atoms with van der Waals surface area (Å²) in [5, 5.41) is 14.9. The minimum absolute atomic E-state index is 0.0302. The molecule has 12 heteroatoms. The SMILES string of the molecule is O=C(Nc1nn(Cc2ccc(Cl)cc2Cl)cc1Br)c1cc(-c2ccc(OC(F)F)cc2)n[nH]1. The van der Waals surface area contributed by atoms with Gasteiger partial charge in [0.2, 0.25) is 0 Å². The molecule has 0 saturated heterocycles. The average Bonchev–Trinajstić information content (AvgIpc) is 3.38. The molecule has 4 rings (SSSR count). The monoisotopic (exact) mass is 555 g/mol. The molecule has 2 aromatic heterocycles. The fourth-order valence-corrected chi connectivity index (χ4v) is 3.84. The van der Waals surface area contributed by atoms with Gasteiger partial charge < -0.3 is 10.1 Å². The molecule has 0 aliphatic rings. The number of nitrogens with one attached hydrogen (secondary N) is 2. The Labute approximate surface area is 204 Å². The normalized spacial score (nSPS) is 11.1. The minimum Gasteiger partial charge on any atom is -0.435 e. The lowest BCUT2D eigenvalue weighted by molar-refractivity contribution is -0.0498. The molecule has 0 radical (unpaired) electrons. The van der Waals surface area contributed by atoms with Crippen molar-refractivity contribution in [2.45, 2.75) is 13.2 Å². The molecule has 0 spiro atoms. The van der Waals surface area contributed by atoms with Gasteiger partial charge in [-0.15, -0.1) is 0 Å². The summed E-state index contributed by atoms with van der Waals surface area (Å²) < 4.78 is 31.1. The van der Waals surface area contributed by atoms with Gasteiger partial charge in [0.25, 0.3) is 5.91 Å². The van der Waals surface area contributed by atoms with Gasteiger partial charge >= 0.3 is 6.61 Å². The summed E-state index contributed by atoms with van der Waals surface area (Å²) in [4.78, 5) is 12.7. The highest BCUT2D eigenvalue weighted by Crippen LogP contribution is 2.26. The molecule has 0 saturated carbocycles. The Bertz CT molecular complexity index is 1290. The number of H-pyrrole nitrogens is 1. The van der Waals surface area contributed by atoms with Crippen LogP contribution >= 0.6 is 39.1 Å². The van der Waals surface area contributed by atoms with Gasteiger partial charge in [0.05, 0.1) is 16.7 Å². The van der Waals surface area contributed by atoms with Crippen LogP contribution in [0.4, 0.5) is 14.6 Å². The first kappa shape index (κ1) is 23.2. The van der Waals surface area contributed by atoms with E-state index in [1.54, 1.807) is 41.2 Å². The van der Waals surface area contributed by atoms with Crippen molar-refractivity contribution in [2.24, 2.45) is 0 Å². The van der Waals surface area contributed by atoms with Crippen LogP contribution in [0.2, 0.25) is 10.0 Å². The zero-order chi connectivity index (χ0) is 23.5. The highest BCUT2D eigenvalue weighted by Gasteiger charge is 2.16. The van der Waals surface area contributed by atoms with Gasteiger partial charge in [-0.2, -0.15) is 19.0 Å². The quantitative estimate of drug-likeness (QED) is 0.282. The number of aromatic nitrogens is 4. The third-order valence-corrected chi connectivity index (χ3v) is 5.66. The first-order valence-electron chi connectivity index (χ1n) is 9.37. The summed E-state index contributed by atoms with van der Waals surface area (Å²) in [6.45, 7) is -2.52. The third kappa shape index (κ3) is 5.70. The molecule has 0 fully saturated rings. The predicted molar refractivity (Wildman–Crippen MR) is 124 cm³/mol. The second kappa shape index (κ2) is 9.90. The van der Waals surface area contributed by atoms with Crippen LogP contribution in [0.1, 0.15) is 16.1 Å². The minimum atomic E-state index is -2.90. The number of amides is 1. The largest absolute Gasteiger partial charge is 0.435 e. The second-order valence-electron chi connectivity index (χ2n) is 6.78. The van der Waals surface area contributed by atoms with E-state index in [1.165, 1.54) is 18.2 Å². The predicted octanol–water partition coefficient (Wildman–Crippen LogP) is 6.24. The van der Waals surface area contributed by atoms with E-state index in [0.29, 0.717) is 38.1 Å². The number of anilines is 1. The van der Waals surface area contributed by atoms with Crippen LogP contribution in [-0.2, 0) is 6.54 Å². The number of aromatic amines is 1. The number of benzene rings is 2. The summed E-state index contributed by atoms with van der Waals surface area (Å²) in [7, 11) is 0. The molecule has 0 aliphatic carbocycles. The Hall–Kier alpha value is -2.95. The lowest BCUT2D eigenvalue weighted by Crippen LogP contribution is -2.13. The van der Waals surface area contributed by atoms with Crippen LogP contribution in [0, 0.1) is 0 Å². The number of hydrogen-bond acceptors (Lipinski definition) is 4. The van der Waals surface area contributed by atoms with Gasteiger partial charge in [0.1, 0.15) is 11.4 Å². The highest BCUT2D eigenvalue weighted by atomic mass is 79.9. The fourth-order valence-electron chi connectivity index (χ4n) is 2.96. The zero-order valence-corrected chi connectivity index (χ0v) is 19.6. The van der Waals surface area contributed by atoms with E-state index in [0.717, 1.165) is 5.56 Å². The van der Waals surface area contributed by atoms with Crippen LogP contribution in [0.5, 0.6) is 5.75 Å². The molecule has 1 amide bonds. The molecule has 0 atom stereocenters. The van der Waals surface area contributed by atoms with Gasteiger partial charge in [0, 0.05) is 21.8 Å². The van der Waals surface area contributed by atoms with Crippen LogP contribution in [-0.4, -0.2) is 32.5 Å². The summed E-state index contributed by atoms with van der Waals surface area (Å²) >= 11 is 15.5. The van der Waals surface area contributed by atoms with Gasteiger partial charge in [-0.3, -0.25) is 14.6 Å². The number of halogens is 5. The number of nitrogens with zero attached hydrogens (tertiary/aromatic N) is 3. The summed E-state index contributed by atoms with van der Waals surface area (Å²) in [5.74, 6) is -0.112. The topological polar surface area (TPSA) is 84.8 Å². The zero-order valence-electron chi connectivity index (χ0n) is 16.5. The van der Waals surface area contributed by atoms with Gasteiger partial charge in [0.15, 0.2) is 5.82 Å². The van der Waals surface area contributed by atoms with Crippen molar-refractivity contribution in [1.29, 1.82) is 0 Å². The number of carbonyl (C=O) groups excluding carboxylic acids is 1. The molecule has 0 unspecified atom stereocenters. The first-order chi connectivity index (χ1) is 15.8. The van der Waals surface area contributed by atoms with E-state index in [1.807, 2.05) is 0 Å². The van der Waals surface area contributed by atoms with Crippen LogP contribution in [0.25, 0.3) is 11.3 Å². The number of hydrogen-bond donors (Lipinski definition) is 2.